The molecule has 2 aliphatic heterocycles. The van der Waals surface area contributed by atoms with E-state index < -0.39 is 0 Å². The lowest BCUT2D eigenvalue weighted by Crippen LogP contribution is -2.54. The molecule has 3 fully saturated rings. The minimum atomic E-state index is 0.400. The van der Waals surface area contributed by atoms with Crippen molar-refractivity contribution in [2.24, 2.45) is 5.92 Å². The lowest BCUT2D eigenvalue weighted by molar-refractivity contribution is -0.139. The van der Waals surface area contributed by atoms with Gasteiger partial charge in [-0.1, -0.05) is 19.8 Å². The minimum absolute atomic E-state index is 0.400. The fourth-order valence-electron chi connectivity index (χ4n) is 4.48. The minimum Gasteiger partial charge on any atom is -0.338 e. The maximum atomic E-state index is 12.7. The van der Waals surface area contributed by atoms with E-state index in [2.05, 4.69) is 21.6 Å². The van der Waals surface area contributed by atoms with E-state index in [1.807, 2.05) is 0 Å². The Balaban J connectivity index is 1.52. The molecule has 0 bridgehead atoms. The van der Waals surface area contributed by atoms with Gasteiger partial charge in [-0.15, -0.1) is 0 Å². The molecule has 0 aromatic carbocycles. The molecule has 3 rings (SSSR count). The van der Waals surface area contributed by atoms with Gasteiger partial charge in [-0.25, -0.2) is 0 Å². The SMILES string of the molecule is CCN1CCN(CC(=O)N2CCCC3CCCCC32)CC1. The van der Waals surface area contributed by atoms with Crippen LogP contribution in [0.1, 0.15) is 45.4 Å². The van der Waals surface area contributed by atoms with Crippen molar-refractivity contribution < 1.29 is 4.79 Å². The molecule has 0 radical (unpaired) electrons. The van der Waals surface area contributed by atoms with Crippen LogP contribution in [0.3, 0.4) is 0 Å². The first-order valence-corrected chi connectivity index (χ1v) is 9.02. The molecule has 21 heavy (non-hydrogen) atoms. The van der Waals surface area contributed by atoms with Gasteiger partial charge in [0.1, 0.15) is 0 Å². The van der Waals surface area contributed by atoms with Crippen LogP contribution in [0.15, 0.2) is 0 Å². The van der Waals surface area contributed by atoms with Crippen LogP contribution in [-0.4, -0.2) is 72.5 Å². The zero-order chi connectivity index (χ0) is 14.7. The van der Waals surface area contributed by atoms with E-state index in [-0.39, 0.29) is 0 Å². The van der Waals surface area contributed by atoms with Crippen LogP contribution in [0, 0.1) is 5.92 Å². The summed E-state index contributed by atoms with van der Waals surface area (Å²) in [4.78, 5) is 19.8. The standard InChI is InChI=1S/C17H31N3O/c1-2-18-10-12-19(13-11-18)14-17(21)20-9-5-7-15-6-3-4-8-16(15)20/h15-16H,2-14H2,1H3. The summed E-state index contributed by atoms with van der Waals surface area (Å²) in [6.07, 6.45) is 7.87. The van der Waals surface area contributed by atoms with Crippen molar-refractivity contribution in [3.8, 4) is 0 Å². The lowest BCUT2D eigenvalue weighted by atomic mass is 9.78. The molecule has 4 heteroatoms. The Morgan fingerprint density at radius 2 is 1.57 bits per heavy atom. The number of carbonyl (C=O) groups is 1. The van der Waals surface area contributed by atoms with Crippen molar-refractivity contribution >= 4 is 5.91 Å². The molecular weight excluding hydrogens is 262 g/mol. The summed E-state index contributed by atoms with van der Waals surface area (Å²) in [7, 11) is 0. The van der Waals surface area contributed by atoms with E-state index in [1.54, 1.807) is 0 Å². The van der Waals surface area contributed by atoms with Gasteiger partial charge in [-0.05, 0) is 38.1 Å². The number of hydrogen-bond acceptors (Lipinski definition) is 3. The molecule has 0 N–H and O–H groups in total. The average molecular weight is 293 g/mol. The van der Waals surface area contributed by atoms with Gasteiger partial charge in [0.2, 0.25) is 5.91 Å². The summed E-state index contributed by atoms with van der Waals surface area (Å²) in [5.74, 6) is 1.20. The summed E-state index contributed by atoms with van der Waals surface area (Å²) >= 11 is 0. The zero-order valence-electron chi connectivity index (χ0n) is 13.6. The second-order valence-electron chi connectivity index (χ2n) is 7.05. The van der Waals surface area contributed by atoms with E-state index in [1.165, 1.54) is 38.5 Å². The molecule has 1 saturated carbocycles. The second kappa shape index (κ2) is 7.10. The van der Waals surface area contributed by atoms with E-state index in [0.717, 1.165) is 45.2 Å². The first kappa shape index (κ1) is 15.3. The quantitative estimate of drug-likeness (QED) is 0.794. The number of piperidine rings is 1. The molecule has 3 aliphatic rings. The molecule has 2 heterocycles. The Labute approximate surface area is 129 Å². The Bertz CT molecular complexity index is 350. The van der Waals surface area contributed by atoms with Gasteiger partial charge < -0.3 is 9.80 Å². The number of amides is 1. The van der Waals surface area contributed by atoms with Crippen molar-refractivity contribution in [3.05, 3.63) is 0 Å². The van der Waals surface area contributed by atoms with Crippen molar-refractivity contribution in [2.75, 3.05) is 45.8 Å². The molecule has 2 saturated heterocycles. The van der Waals surface area contributed by atoms with Gasteiger partial charge in [0.25, 0.3) is 0 Å². The topological polar surface area (TPSA) is 26.8 Å². The molecule has 2 atom stereocenters. The Morgan fingerprint density at radius 1 is 0.905 bits per heavy atom. The second-order valence-corrected chi connectivity index (χ2v) is 7.05. The van der Waals surface area contributed by atoms with Crippen molar-refractivity contribution in [1.29, 1.82) is 0 Å². The van der Waals surface area contributed by atoms with Gasteiger partial charge in [-0.2, -0.15) is 0 Å². The van der Waals surface area contributed by atoms with Crippen LogP contribution in [0.25, 0.3) is 0 Å². The number of likely N-dealkylation sites (N-methyl/N-ethyl adjacent to an activating group) is 1. The smallest absolute Gasteiger partial charge is 0.237 e. The molecule has 0 spiro atoms. The van der Waals surface area contributed by atoms with Crippen LogP contribution in [0.5, 0.6) is 0 Å². The third kappa shape index (κ3) is 3.59. The summed E-state index contributed by atoms with van der Waals surface area (Å²) in [6, 6.07) is 0.567. The maximum Gasteiger partial charge on any atom is 0.237 e. The van der Waals surface area contributed by atoms with Gasteiger partial charge in [0, 0.05) is 38.8 Å². The van der Waals surface area contributed by atoms with Crippen molar-refractivity contribution in [3.63, 3.8) is 0 Å². The lowest BCUT2D eigenvalue weighted by Gasteiger charge is -2.45. The fourth-order valence-corrected chi connectivity index (χ4v) is 4.48. The average Bonchev–Trinajstić information content (AvgIpc) is 2.55. The first-order valence-electron chi connectivity index (χ1n) is 9.02. The van der Waals surface area contributed by atoms with Gasteiger partial charge in [-0.3, -0.25) is 9.69 Å². The molecule has 4 nitrogen and oxygen atoms in total. The fraction of sp³-hybridized carbons (Fsp3) is 0.941. The van der Waals surface area contributed by atoms with Crippen LogP contribution < -0.4 is 0 Å². The highest BCUT2D eigenvalue weighted by molar-refractivity contribution is 5.78. The molecule has 0 aromatic heterocycles. The Kier molecular flexibility index (Phi) is 5.17. The maximum absolute atomic E-state index is 12.7. The highest BCUT2D eigenvalue weighted by Gasteiger charge is 2.36. The number of piperazine rings is 1. The number of nitrogens with zero attached hydrogens (tertiary/aromatic N) is 3. The largest absolute Gasteiger partial charge is 0.338 e. The predicted octanol–water partition coefficient (Wildman–Crippen LogP) is 1.81. The van der Waals surface area contributed by atoms with Crippen molar-refractivity contribution in [2.45, 2.75) is 51.5 Å². The third-order valence-electron chi connectivity index (χ3n) is 5.83. The van der Waals surface area contributed by atoms with E-state index in [9.17, 15) is 4.79 Å². The summed E-state index contributed by atoms with van der Waals surface area (Å²) in [5.41, 5.74) is 0. The van der Waals surface area contributed by atoms with Crippen LogP contribution in [-0.2, 0) is 4.79 Å². The van der Waals surface area contributed by atoms with E-state index in [0.29, 0.717) is 18.5 Å². The van der Waals surface area contributed by atoms with Gasteiger partial charge >= 0.3 is 0 Å². The number of fused-ring (bicyclic) bond motifs is 1. The van der Waals surface area contributed by atoms with Gasteiger partial charge in [0.15, 0.2) is 0 Å². The Hall–Kier alpha value is -0.610. The van der Waals surface area contributed by atoms with Crippen LogP contribution in [0.4, 0.5) is 0 Å². The van der Waals surface area contributed by atoms with E-state index >= 15 is 0 Å². The summed E-state index contributed by atoms with van der Waals surface area (Å²) in [6.45, 7) is 9.37. The zero-order valence-corrected chi connectivity index (χ0v) is 13.6. The molecule has 120 valence electrons. The number of likely N-dealkylation sites (tertiary alicyclic amines) is 1. The molecular formula is C17H31N3O. The number of hydrogen-bond donors (Lipinski definition) is 0. The van der Waals surface area contributed by atoms with Crippen LogP contribution in [0.2, 0.25) is 0 Å². The van der Waals surface area contributed by atoms with Gasteiger partial charge in [0.05, 0.1) is 6.54 Å². The van der Waals surface area contributed by atoms with E-state index in [4.69, 9.17) is 0 Å². The first-order chi connectivity index (χ1) is 10.3. The summed E-state index contributed by atoms with van der Waals surface area (Å²) < 4.78 is 0. The molecule has 1 amide bonds. The summed E-state index contributed by atoms with van der Waals surface area (Å²) in [5, 5.41) is 0. The normalized spacial score (nSPS) is 32.0. The highest BCUT2D eigenvalue weighted by atomic mass is 16.2. The monoisotopic (exact) mass is 293 g/mol. The predicted molar refractivity (Wildman–Crippen MR) is 85.2 cm³/mol. The number of rotatable bonds is 3. The Morgan fingerprint density at radius 3 is 2.33 bits per heavy atom. The molecule has 0 aromatic rings. The van der Waals surface area contributed by atoms with Crippen molar-refractivity contribution in [1.82, 2.24) is 14.7 Å². The van der Waals surface area contributed by atoms with Crippen LogP contribution >= 0.6 is 0 Å². The molecule has 1 aliphatic carbocycles. The number of carbonyl (C=O) groups excluding carboxylic acids is 1. The third-order valence-corrected chi connectivity index (χ3v) is 5.83. The highest BCUT2D eigenvalue weighted by Crippen LogP contribution is 2.35. The molecule has 2 unspecified atom stereocenters.